The van der Waals surface area contributed by atoms with Gasteiger partial charge in [0.05, 0.1) is 5.69 Å². The van der Waals surface area contributed by atoms with Crippen LogP contribution in [0, 0.1) is 6.92 Å². The molecule has 4 heteroatoms. The monoisotopic (exact) mass is 272 g/mol. The van der Waals surface area contributed by atoms with E-state index in [4.69, 9.17) is 0 Å². The van der Waals surface area contributed by atoms with E-state index >= 15 is 0 Å². The Morgan fingerprint density at radius 2 is 2.10 bits per heavy atom. The highest BCUT2D eigenvalue weighted by atomic mass is 15.4. The average Bonchev–Trinajstić information content (AvgIpc) is 2.83. The molecule has 2 rings (SSSR count). The largest absolute Gasteiger partial charge is 0.314 e. The third-order valence-corrected chi connectivity index (χ3v) is 3.62. The van der Waals surface area contributed by atoms with Gasteiger partial charge in [0.15, 0.2) is 0 Å². The van der Waals surface area contributed by atoms with Gasteiger partial charge in [0.25, 0.3) is 0 Å². The lowest BCUT2D eigenvalue weighted by Crippen LogP contribution is -2.31. The molecule has 1 unspecified atom stereocenters. The fourth-order valence-corrected chi connectivity index (χ4v) is 2.53. The molecule has 0 bridgehead atoms. The predicted molar refractivity (Wildman–Crippen MR) is 81.7 cm³/mol. The Balaban J connectivity index is 1.94. The second-order valence-electron chi connectivity index (χ2n) is 5.31. The zero-order valence-corrected chi connectivity index (χ0v) is 12.6. The smallest absolute Gasteiger partial charge is 0.0842 e. The third kappa shape index (κ3) is 4.17. The van der Waals surface area contributed by atoms with Crippen molar-refractivity contribution >= 4 is 0 Å². The lowest BCUT2D eigenvalue weighted by molar-refractivity contribution is 0.486. The molecule has 1 N–H and O–H groups in total. The Hall–Kier alpha value is -1.68. The molecule has 0 amide bonds. The number of rotatable bonds is 7. The molecular weight excluding hydrogens is 248 g/mol. The van der Waals surface area contributed by atoms with Crippen molar-refractivity contribution < 1.29 is 0 Å². The van der Waals surface area contributed by atoms with Gasteiger partial charge in [0.2, 0.25) is 0 Å². The van der Waals surface area contributed by atoms with Crippen molar-refractivity contribution in [3.8, 4) is 0 Å². The molecule has 0 aliphatic rings. The van der Waals surface area contributed by atoms with Gasteiger partial charge in [0.1, 0.15) is 0 Å². The van der Waals surface area contributed by atoms with E-state index in [1.165, 1.54) is 11.1 Å². The van der Waals surface area contributed by atoms with Gasteiger partial charge in [-0.15, -0.1) is 5.10 Å². The van der Waals surface area contributed by atoms with Crippen molar-refractivity contribution in [2.45, 2.75) is 39.2 Å². The lowest BCUT2D eigenvalue weighted by Gasteiger charge is -2.17. The molecule has 2 aromatic rings. The normalized spacial score (nSPS) is 12.6. The predicted octanol–water partition coefficient (Wildman–Crippen LogP) is 2.28. The standard InChI is InChI=1S/C16H24N4/c1-4-17-15(11-16-12-20(3)19-18-16)10-9-14-8-6-5-7-13(14)2/h5-8,12,15,17H,4,9-11H2,1-3H3. The van der Waals surface area contributed by atoms with Crippen molar-refractivity contribution in [2.24, 2.45) is 7.05 Å². The zero-order valence-electron chi connectivity index (χ0n) is 12.6. The van der Waals surface area contributed by atoms with Crippen LogP contribution in [0.3, 0.4) is 0 Å². The number of nitrogens with zero attached hydrogens (tertiary/aromatic N) is 3. The zero-order chi connectivity index (χ0) is 14.4. The van der Waals surface area contributed by atoms with E-state index in [9.17, 15) is 0 Å². The summed E-state index contributed by atoms with van der Waals surface area (Å²) in [5.41, 5.74) is 3.88. The minimum atomic E-state index is 0.455. The van der Waals surface area contributed by atoms with Gasteiger partial charge in [-0.25, -0.2) is 0 Å². The van der Waals surface area contributed by atoms with Gasteiger partial charge in [-0.2, -0.15) is 0 Å². The molecule has 1 aromatic carbocycles. The number of benzene rings is 1. The summed E-state index contributed by atoms with van der Waals surface area (Å²) in [6, 6.07) is 9.07. The first-order valence-electron chi connectivity index (χ1n) is 7.32. The van der Waals surface area contributed by atoms with Crippen LogP contribution in [0.25, 0.3) is 0 Å². The van der Waals surface area contributed by atoms with E-state index in [2.05, 4.69) is 53.7 Å². The summed E-state index contributed by atoms with van der Waals surface area (Å²) in [6.45, 7) is 5.32. The van der Waals surface area contributed by atoms with Crippen molar-refractivity contribution in [2.75, 3.05) is 6.54 Å². The quantitative estimate of drug-likeness (QED) is 0.841. The molecule has 4 nitrogen and oxygen atoms in total. The summed E-state index contributed by atoms with van der Waals surface area (Å²) in [7, 11) is 1.91. The highest BCUT2D eigenvalue weighted by Crippen LogP contribution is 2.12. The van der Waals surface area contributed by atoms with E-state index in [-0.39, 0.29) is 0 Å². The van der Waals surface area contributed by atoms with Crippen LogP contribution in [0.4, 0.5) is 0 Å². The van der Waals surface area contributed by atoms with Crippen LogP contribution in [-0.2, 0) is 19.9 Å². The molecule has 0 fully saturated rings. The molecule has 0 aliphatic carbocycles. The third-order valence-electron chi connectivity index (χ3n) is 3.62. The fourth-order valence-electron chi connectivity index (χ4n) is 2.53. The number of aryl methyl sites for hydroxylation is 3. The average molecular weight is 272 g/mol. The fraction of sp³-hybridized carbons (Fsp3) is 0.500. The van der Waals surface area contributed by atoms with E-state index in [0.717, 1.165) is 31.5 Å². The van der Waals surface area contributed by atoms with E-state index < -0.39 is 0 Å². The molecular formula is C16H24N4. The maximum atomic E-state index is 4.18. The van der Waals surface area contributed by atoms with E-state index in [1.54, 1.807) is 4.68 Å². The number of likely N-dealkylation sites (N-methyl/N-ethyl adjacent to an activating group) is 1. The highest BCUT2D eigenvalue weighted by Gasteiger charge is 2.11. The molecule has 1 heterocycles. The highest BCUT2D eigenvalue weighted by molar-refractivity contribution is 5.25. The summed E-state index contributed by atoms with van der Waals surface area (Å²) in [6.07, 6.45) is 5.16. The Kier molecular flexibility index (Phi) is 5.30. The molecule has 0 aliphatic heterocycles. The van der Waals surface area contributed by atoms with Crippen LogP contribution in [0.15, 0.2) is 30.5 Å². The van der Waals surface area contributed by atoms with Crippen LogP contribution >= 0.6 is 0 Å². The summed E-state index contributed by atoms with van der Waals surface area (Å²) < 4.78 is 1.76. The molecule has 0 saturated carbocycles. The number of nitrogens with one attached hydrogen (secondary N) is 1. The van der Waals surface area contributed by atoms with Crippen molar-refractivity contribution in [1.29, 1.82) is 0 Å². The van der Waals surface area contributed by atoms with Crippen molar-refractivity contribution in [3.05, 3.63) is 47.3 Å². The minimum absolute atomic E-state index is 0.455. The second-order valence-corrected chi connectivity index (χ2v) is 5.31. The Morgan fingerprint density at radius 3 is 2.75 bits per heavy atom. The molecule has 0 radical (unpaired) electrons. The Morgan fingerprint density at radius 1 is 1.30 bits per heavy atom. The van der Waals surface area contributed by atoms with Gasteiger partial charge >= 0.3 is 0 Å². The van der Waals surface area contributed by atoms with Crippen LogP contribution in [-0.4, -0.2) is 27.6 Å². The molecule has 1 aromatic heterocycles. The van der Waals surface area contributed by atoms with Crippen molar-refractivity contribution in [1.82, 2.24) is 20.3 Å². The van der Waals surface area contributed by atoms with Gasteiger partial charge in [-0.05, 0) is 37.4 Å². The summed E-state index contributed by atoms with van der Waals surface area (Å²) >= 11 is 0. The topological polar surface area (TPSA) is 42.7 Å². The molecule has 108 valence electrons. The summed E-state index contributed by atoms with van der Waals surface area (Å²) in [5, 5.41) is 11.7. The number of hydrogen-bond acceptors (Lipinski definition) is 3. The molecule has 0 spiro atoms. The van der Waals surface area contributed by atoms with Crippen LogP contribution in [0.1, 0.15) is 30.2 Å². The maximum Gasteiger partial charge on any atom is 0.0842 e. The number of hydrogen-bond donors (Lipinski definition) is 1. The summed E-state index contributed by atoms with van der Waals surface area (Å²) in [5.74, 6) is 0. The second kappa shape index (κ2) is 7.20. The maximum absolute atomic E-state index is 4.18. The molecule has 0 saturated heterocycles. The van der Waals surface area contributed by atoms with E-state index in [1.807, 2.05) is 13.2 Å². The molecule has 1 atom stereocenters. The van der Waals surface area contributed by atoms with Gasteiger partial charge < -0.3 is 5.32 Å². The van der Waals surface area contributed by atoms with Crippen LogP contribution < -0.4 is 5.32 Å². The van der Waals surface area contributed by atoms with Gasteiger partial charge in [-0.3, -0.25) is 4.68 Å². The minimum Gasteiger partial charge on any atom is -0.314 e. The molecule has 20 heavy (non-hydrogen) atoms. The SMILES string of the molecule is CCNC(CCc1ccccc1C)Cc1cn(C)nn1. The first-order chi connectivity index (χ1) is 9.69. The number of aromatic nitrogens is 3. The van der Waals surface area contributed by atoms with Gasteiger partial charge in [0, 0.05) is 25.7 Å². The van der Waals surface area contributed by atoms with E-state index in [0.29, 0.717) is 6.04 Å². The summed E-state index contributed by atoms with van der Waals surface area (Å²) in [4.78, 5) is 0. The van der Waals surface area contributed by atoms with Crippen LogP contribution in [0.5, 0.6) is 0 Å². The van der Waals surface area contributed by atoms with Crippen LogP contribution in [0.2, 0.25) is 0 Å². The Labute approximate surface area is 121 Å². The first-order valence-corrected chi connectivity index (χ1v) is 7.32. The lowest BCUT2D eigenvalue weighted by atomic mass is 9.99. The first kappa shape index (κ1) is 14.7. The van der Waals surface area contributed by atoms with Gasteiger partial charge in [-0.1, -0.05) is 36.4 Å². The van der Waals surface area contributed by atoms with Crippen molar-refractivity contribution in [3.63, 3.8) is 0 Å². The Bertz CT molecular complexity index is 533.